The Morgan fingerprint density at radius 2 is 2.04 bits per heavy atom. The minimum Gasteiger partial charge on any atom is -0.489 e. The molecule has 120 valence electrons. The molecule has 0 fully saturated rings. The van der Waals surface area contributed by atoms with E-state index >= 15 is 0 Å². The lowest BCUT2D eigenvalue weighted by Gasteiger charge is -2.30. The third-order valence-corrected chi connectivity index (χ3v) is 4.17. The number of primary amides is 1. The van der Waals surface area contributed by atoms with Crippen molar-refractivity contribution in [2.45, 2.75) is 31.9 Å². The molecule has 1 aliphatic carbocycles. The number of nitrogens with zero attached hydrogens (tertiary/aromatic N) is 1. The van der Waals surface area contributed by atoms with E-state index in [1.807, 2.05) is 48.5 Å². The topological polar surface area (TPSA) is 75.8 Å². The number of benzene rings is 2. The molecule has 2 aromatic rings. The highest BCUT2D eigenvalue weighted by Gasteiger charge is 2.27. The van der Waals surface area contributed by atoms with E-state index in [1.165, 1.54) is 0 Å². The van der Waals surface area contributed by atoms with Gasteiger partial charge in [0.05, 0.1) is 6.04 Å². The maximum absolute atomic E-state index is 11.3. The van der Waals surface area contributed by atoms with Crippen molar-refractivity contribution in [2.24, 2.45) is 5.73 Å². The van der Waals surface area contributed by atoms with Gasteiger partial charge in [0.2, 0.25) is 0 Å². The molecule has 0 saturated carbocycles. The molecule has 0 heterocycles. The first-order valence-corrected chi connectivity index (χ1v) is 7.72. The van der Waals surface area contributed by atoms with Crippen molar-refractivity contribution in [1.29, 1.82) is 0 Å². The van der Waals surface area contributed by atoms with Crippen molar-refractivity contribution in [3.8, 4) is 5.75 Å². The number of aryl methyl sites for hydroxylation is 1. The lowest BCUT2D eigenvalue weighted by Crippen LogP contribution is -2.37. The van der Waals surface area contributed by atoms with Crippen LogP contribution in [0.2, 0.25) is 0 Å². The van der Waals surface area contributed by atoms with Gasteiger partial charge in [-0.15, -0.1) is 0 Å². The first-order valence-electron chi connectivity index (χ1n) is 7.72. The molecule has 5 nitrogen and oxygen atoms in total. The lowest BCUT2D eigenvalue weighted by molar-refractivity contribution is -0.0808. The molecular weight excluding hydrogens is 292 g/mol. The second kappa shape index (κ2) is 6.71. The number of amides is 2. The lowest BCUT2D eigenvalue weighted by atomic mass is 9.87. The van der Waals surface area contributed by atoms with Crippen LogP contribution in [-0.2, 0) is 13.0 Å². The molecule has 2 amide bonds. The normalized spacial score (nSPS) is 16.5. The fourth-order valence-electron chi connectivity index (χ4n) is 2.99. The van der Waals surface area contributed by atoms with Gasteiger partial charge in [0.1, 0.15) is 12.4 Å². The Kier molecular flexibility index (Phi) is 4.48. The van der Waals surface area contributed by atoms with E-state index in [-0.39, 0.29) is 0 Å². The van der Waals surface area contributed by atoms with Crippen molar-refractivity contribution in [1.82, 2.24) is 5.06 Å². The molecule has 0 radical (unpaired) electrons. The summed E-state index contributed by atoms with van der Waals surface area (Å²) in [5.41, 5.74) is 8.31. The van der Waals surface area contributed by atoms with Crippen molar-refractivity contribution >= 4 is 6.03 Å². The Morgan fingerprint density at radius 1 is 1.26 bits per heavy atom. The summed E-state index contributed by atoms with van der Waals surface area (Å²) in [6.45, 7) is 0.475. The van der Waals surface area contributed by atoms with Gasteiger partial charge in [-0.25, -0.2) is 4.79 Å². The Labute approximate surface area is 135 Å². The van der Waals surface area contributed by atoms with Crippen LogP contribution in [0.1, 0.15) is 35.6 Å². The molecule has 5 heteroatoms. The van der Waals surface area contributed by atoms with Gasteiger partial charge >= 0.3 is 6.03 Å². The Morgan fingerprint density at radius 3 is 2.78 bits per heavy atom. The Bertz CT molecular complexity index is 688. The van der Waals surface area contributed by atoms with Gasteiger partial charge in [-0.1, -0.05) is 36.4 Å². The largest absolute Gasteiger partial charge is 0.489 e. The summed E-state index contributed by atoms with van der Waals surface area (Å²) in [5.74, 6) is 0.720. The molecule has 0 aromatic heterocycles. The predicted molar refractivity (Wildman–Crippen MR) is 86.1 cm³/mol. The first kappa shape index (κ1) is 15.4. The molecule has 3 N–H and O–H groups in total. The maximum atomic E-state index is 11.3. The summed E-state index contributed by atoms with van der Waals surface area (Å²) in [7, 11) is 0. The molecule has 0 bridgehead atoms. The highest BCUT2D eigenvalue weighted by Crippen LogP contribution is 2.35. The van der Waals surface area contributed by atoms with Gasteiger partial charge in [0, 0.05) is 0 Å². The molecule has 23 heavy (non-hydrogen) atoms. The van der Waals surface area contributed by atoms with E-state index < -0.39 is 12.1 Å². The summed E-state index contributed by atoms with van der Waals surface area (Å²) in [4.78, 5) is 11.3. The Hall–Kier alpha value is -2.53. The highest BCUT2D eigenvalue weighted by molar-refractivity contribution is 5.71. The third kappa shape index (κ3) is 3.46. The number of ether oxygens (including phenoxy) is 1. The molecule has 3 rings (SSSR count). The summed E-state index contributed by atoms with van der Waals surface area (Å²) >= 11 is 0. The molecular formula is C18H20N2O3. The van der Waals surface area contributed by atoms with Crippen LogP contribution in [0.25, 0.3) is 0 Å². The van der Waals surface area contributed by atoms with Crippen LogP contribution in [0.4, 0.5) is 4.79 Å². The van der Waals surface area contributed by atoms with Crippen LogP contribution < -0.4 is 10.5 Å². The standard InChI is InChI=1S/C18H20N2O3/c19-18(21)20(22)17-8-4-7-14-9-10-15(11-16(14)17)23-12-13-5-2-1-3-6-13/h1-3,5-6,9-11,17,22H,4,7-8,12H2,(H2,19,21). The molecule has 1 aliphatic rings. The van der Waals surface area contributed by atoms with Crippen LogP contribution in [-0.4, -0.2) is 16.3 Å². The maximum Gasteiger partial charge on any atom is 0.339 e. The van der Waals surface area contributed by atoms with Gasteiger partial charge in [-0.3, -0.25) is 5.21 Å². The van der Waals surface area contributed by atoms with Crippen molar-refractivity contribution < 1.29 is 14.7 Å². The summed E-state index contributed by atoms with van der Waals surface area (Å²) in [6.07, 6.45) is 2.53. The molecule has 0 spiro atoms. The van der Waals surface area contributed by atoms with Crippen molar-refractivity contribution in [3.05, 3.63) is 65.2 Å². The fourth-order valence-corrected chi connectivity index (χ4v) is 2.99. The van der Waals surface area contributed by atoms with Gasteiger partial charge in [0.15, 0.2) is 0 Å². The monoisotopic (exact) mass is 312 g/mol. The third-order valence-electron chi connectivity index (χ3n) is 4.17. The number of carbonyl (C=O) groups excluding carboxylic acids is 1. The predicted octanol–water partition coefficient (Wildman–Crippen LogP) is 3.41. The van der Waals surface area contributed by atoms with Crippen molar-refractivity contribution in [3.63, 3.8) is 0 Å². The van der Waals surface area contributed by atoms with Gasteiger partial charge in [0.25, 0.3) is 0 Å². The second-order valence-electron chi connectivity index (χ2n) is 5.73. The van der Waals surface area contributed by atoms with E-state index in [4.69, 9.17) is 10.5 Å². The molecule has 0 saturated heterocycles. The van der Waals surface area contributed by atoms with E-state index in [2.05, 4.69) is 0 Å². The summed E-state index contributed by atoms with van der Waals surface area (Å²) in [5, 5.41) is 10.5. The number of nitrogens with two attached hydrogens (primary N) is 1. The van der Waals surface area contributed by atoms with Crippen LogP contribution >= 0.6 is 0 Å². The SMILES string of the molecule is NC(=O)N(O)C1CCCc2ccc(OCc3ccccc3)cc21. The smallest absolute Gasteiger partial charge is 0.339 e. The number of carbonyl (C=O) groups is 1. The van der Waals surface area contributed by atoms with E-state index in [0.29, 0.717) is 18.1 Å². The van der Waals surface area contributed by atoms with Crippen LogP contribution in [0.15, 0.2) is 48.5 Å². The zero-order chi connectivity index (χ0) is 16.2. The van der Waals surface area contributed by atoms with Crippen LogP contribution in [0, 0.1) is 0 Å². The van der Waals surface area contributed by atoms with Gasteiger partial charge < -0.3 is 10.5 Å². The fraction of sp³-hybridized carbons (Fsp3) is 0.278. The average molecular weight is 312 g/mol. The van der Waals surface area contributed by atoms with Crippen LogP contribution in [0.3, 0.4) is 0 Å². The van der Waals surface area contributed by atoms with E-state index in [9.17, 15) is 10.0 Å². The second-order valence-corrected chi connectivity index (χ2v) is 5.73. The number of rotatable bonds is 4. The van der Waals surface area contributed by atoms with Crippen molar-refractivity contribution in [2.75, 3.05) is 0 Å². The zero-order valence-corrected chi connectivity index (χ0v) is 12.8. The number of hydrogen-bond donors (Lipinski definition) is 2. The quantitative estimate of drug-likeness (QED) is 0.671. The summed E-state index contributed by atoms with van der Waals surface area (Å²) < 4.78 is 5.83. The number of hydrogen-bond acceptors (Lipinski definition) is 3. The van der Waals surface area contributed by atoms with E-state index in [0.717, 1.165) is 35.3 Å². The van der Waals surface area contributed by atoms with Gasteiger partial charge in [-0.05, 0) is 48.1 Å². The van der Waals surface area contributed by atoms with Gasteiger partial charge in [-0.2, -0.15) is 5.06 Å². The summed E-state index contributed by atoms with van der Waals surface area (Å²) in [6, 6.07) is 14.5. The van der Waals surface area contributed by atoms with E-state index in [1.54, 1.807) is 0 Å². The molecule has 2 aromatic carbocycles. The number of hydroxylamine groups is 2. The Balaban J connectivity index is 1.79. The first-order chi connectivity index (χ1) is 11.1. The molecule has 1 atom stereocenters. The average Bonchev–Trinajstić information content (AvgIpc) is 2.59. The minimum atomic E-state index is -0.835. The number of urea groups is 1. The zero-order valence-electron chi connectivity index (χ0n) is 12.8. The number of fused-ring (bicyclic) bond motifs is 1. The van der Waals surface area contributed by atoms with Crippen LogP contribution in [0.5, 0.6) is 5.75 Å². The minimum absolute atomic E-state index is 0.406. The molecule has 0 aliphatic heterocycles. The molecule has 1 unspecified atom stereocenters. The highest BCUT2D eigenvalue weighted by atomic mass is 16.5.